The first-order chi connectivity index (χ1) is 6.79. The van der Waals surface area contributed by atoms with Crippen molar-refractivity contribution in [3.63, 3.8) is 0 Å². The number of nitrogens with zero attached hydrogens (tertiary/aromatic N) is 1. The van der Waals surface area contributed by atoms with Crippen molar-refractivity contribution in [2.45, 2.75) is 31.8 Å². The average Bonchev–Trinajstić information content (AvgIpc) is 2.59. The zero-order chi connectivity index (χ0) is 9.97. The molecule has 1 aliphatic carbocycles. The van der Waals surface area contributed by atoms with Crippen LogP contribution in [-0.4, -0.2) is 42.3 Å². The molecule has 0 spiro atoms. The topological polar surface area (TPSA) is 49.5 Å². The normalized spacial score (nSPS) is 35.6. The summed E-state index contributed by atoms with van der Waals surface area (Å²) in [6.45, 7) is 3.57. The molecule has 2 aliphatic rings. The van der Waals surface area contributed by atoms with Crippen LogP contribution in [0.2, 0.25) is 0 Å². The largest absolute Gasteiger partial charge is 0.390 e. The lowest BCUT2D eigenvalue weighted by molar-refractivity contribution is 0.129. The first kappa shape index (κ1) is 10.4. The van der Waals surface area contributed by atoms with E-state index in [0.717, 1.165) is 18.4 Å². The van der Waals surface area contributed by atoms with Gasteiger partial charge in [-0.25, -0.2) is 0 Å². The summed E-state index contributed by atoms with van der Waals surface area (Å²) in [5.74, 6) is 1.82. The van der Waals surface area contributed by atoms with E-state index < -0.39 is 0 Å². The van der Waals surface area contributed by atoms with Crippen LogP contribution in [0.25, 0.3) is 0 Å². The van der Waals surface area contributed by atoms with Crippen molar-refractivity contribution in [1.29, 1.82) is 0 Å². The molecule has 0 amide bonds. The molecule has 0 aromatic heterocycles. The molecule has 0 unspecified atom stereocenters. The molecule has 1 saturated carbocycles. The van der Waals surface area contributed by atoms with Crippen molar-refractivity contribution in [3.8, 4) is 0 Å². The maximum absolute atomic E-state index is 9.49. The summed E-state index contributed by atoms with van der Waals surface area (Å²) in [7, 11) is 0. The minimum atomic E-state index is -0.324. The van der Waals surface area contributed by atoms with Gasteiger partial charge >= 0.3 is 0 Å². The summed E-state index contributed by atoms with van der Waals surface area (Å²) in [4.78, 5) is 2.40. The van der Waals surface area contributed by atoms with E-state index in [4.69, 9.17) is 5.73 Å². The average molecular weight is 198 g/mol. The number of aliphatic hydroxyl groups excluding tert-OH is 1. The van der Waals surface area contributed by atoms with Gasteiger partial charge in [0.05, 0.1) is 6.10 Å². The van der Waals surface area contributed by atoms with Gasteiger partial charge in [0.25, 0.3) is 0 Å². The minimum absolute atomic E-state index is 0.324. The van der Waals surface area contributed by atoms with E-state index in [9.17, 15) is 5.11 Å². The van der Waals surface area contributed by atoms with E-state index in [1.807, 2.05) is 0 Å². The van der Waals surface area contributed by atoms with E-state index in [1.165, 1.54) is 38.8 Å². The standard InChI is InChI=1S/C11H22N2O/c12-5-11(14)8-13-6-9-3-1-2-4-10(9)7-13/h9-11,14H,1-8,12H2/t9-,10+,11-/m0/s1. The molecule has 0 bridgehead atoms. The predicted octanol–water partition coefficient (Wildman–Crippen LogP) is 0.428. The molecular formula is C11H22N2O. The van der Waals surface area contributed by atoms with Crippen LogP contribution in [0.1, 0.15) is 25.7 Å². The third kappa shape index (κ3) is 2.27. The molecule has 0 aromatic carbocycles. The summed E-state index contributed by atoms with van der Waals surface area (Å²) in [5, 5.41) is 9.49. The van der Waals surface area contributed by atoms with Gasteiger partial charge in [0.1, 0.15) is 0 Å². The van der Waals surface area contributed by atoms with Gasteiger partial charge < -0.3 is 15.7 Å². The van der Waals surface area contributed by atoms with Crippen LogP contribution >= 0.6 is 0 Å². The van der Waals surface area contributed by atoms with E-state index in [-0.39, 0.29) is 6.10 Å². The summed E-state index contributed by atoms with van der Waals surface area (Å²) in [6.07, 6.45) is 5.30. The number of likely N-dealkylation sites (tertiary alicyclic amines) is 1. The summed E-state index contributed by atoms with van der Waals surface area (Å²) >= 11 is 0. The number of nitrogens with two attached hydrogens (primary N) is 1. The number of aliphatic hydroxyl groups is 1. The number of fused-ring (bicyclic) bond motifs is 1. The molecule has 14 heavy (non-hydrogen) atoms. The van der Waals surface area contributed by atoms with Crippen LogP contribution in [0.15, 0.2) is 0 Å². The van der Waals surface area contributed by atoms with Crippen molar-refractivity contribution in [2.24, 2.45) is 17.6 Å². The van der Waals surface area contributed by atoms with Crippen molar-refractivity contribution in [3.05, 3.63) is 0 Å². The maximum atomic E-state index is 9.49. The quantitative estimate of drug-likeness (QED) is 0.691. The Kier molecular flexibility index (Phi) is 3.42. The van der Waals surface area contributed by atoms with Gasteiger partial charge in [0.15, 0.2) is 0 Å². The fraction of sp³-hybridized carbons (Fsp3) is 1.00. The second-order valence-electron chi connectivity index (χ2n) is 4.91. The van der Waals surface area contributed by atoms with Crippen molar-refractivity contribution < 1.29 is 5.11 Å². The highest BCUT2D eigenvalue weighted by Gasteiger charge is 2.34. The molecule has 3 heteroatoms. The molecule has 0 radical (unpaired) electrons. The second-order valence-corrected chi connectivity index (χ2v) is 4.91. The monoisotopic (exact) mass is 198 g/mol. The first-order valence-corrected chi connectivity index (χ1v) is 5.90. The Bertz CT molecular complexity index is 172. The highest BCUT2D eigenvalue weighted by Crippen LogP contribution is 2.35. The van der Waals surface area contributed by atoms with Crippen LogP contribution < -0.4 is 5.73 Å². The summed E-state index contributed by atoms with van der Waals surface area (Å²) in [5.41, 5.74) is 5.42. The molecule has 82 valence electrons. The van der Waals surface area contributed by atoms with Crippen molar-refractivity contribution >= 4 is 0 Å². The highest BCUT2D eigenvalue weighted by atomic mass is 16.3. The van der Waals surface area contributed by atoms with Crippen molar-refractivity contribution in [2.75, 3.05) is 26.2 Å². The van der Waals surface area contributed by atoms with Gasteiger partial charge in [-0.1, -0.05) is 12.8 Å². The van der Waals surface area contributed by atoms with Crippen molar-refractivity contribution in [1.82, 2.24) is 4.90 Å². The molecule has 3 N–H and O–H groups in total. The molecule has 2 fully saturated rings. The molecule has 0 aromatic rings. The van der Waals surface area contributed by atoms with Gasteiger partial charge in [-0.15, -0.1) is 0 Å². The Morgan fingerprint density at radius 1 is 1.21 bits per heavy atom. The van der Waals surface area contributed by atoms with Crippen LogP contribution in [0.5, 0.6) is 0 Å². The third-order valence-electron chi connectivity index (χ3n) is 3.79. The lowest BCUT2D eigenvalue weighted by Crippen LogP contribution is -2.35. The summed E-state index contributed by atoms with van der Waals surface area (Å²) in [6, 6.07) is 0. The van der Waals surface area contributed by atoms with E-state index in [0.29, 0.717) is 6.54 Å². The van der Waals surface area contributed by atoms with Gasteiger partial charge in [-0.2, -0.15) is 0 Å². The molecule has 3 atom stereocenters. The molecule has 2 rings (SSSR count). The van der Waals surface area contributed by atoms with Crippen LogP contribution in [0.4, 0.5) is 0 Å². The Morgan fingerprint density at radius 3 is 2.29 bits per heavy atom. The van der Waals surface area contributed by atoms with Crippen LogP contribution in [0, 0.1) is 11.8 Å². The molecule has 1 aliphatic heterocycles. The first-order valence-electron chi connectivity index (χ1n) is 5.90. The Balaban J connectivity index is 1.80. The molecule has 3 nitrogen and oxygen atoms in total. The van der Waals surface area contributed by atoms with Gasteiger partial charge in [0, 0.05) is 26.2 Å². The van der Waals surface area contributed by atoms with Crippen LogP contribution in [-0.2, 0) is 0 Å². The Hall–Kier alpha value is -0.120. The van der Waals surface area contributed by atoms with Crippen LogP contribution in [0.3, 0.4) is 0 Å². The SMILES string of the molecule is NC[C@H](O)CN1C[C@H]2CCCC[C@H]2C1. The molecule has 1 saturated heterocycles. The Morgan fingerprint density at radius 2 is 1.79 bits per heavy atom. The zero-order valence-electron chi connectivity index (χ0n) is 8.86. The fourth-order valence-electron chi connectivity index (χ4n) is 3.02. The minimum Gasteiger partial charge on any atom is -0.390 e. The number of hydrogen-bond donors (Lipinski definition) is 2. The maximum Gasteiger partial charge on any atom is 0.0789 e. The number of rotatable bonds is 3. The van der Waals surface area contributed by atoms with Gasteiger partial charge in [0.2, 0.25) is 0 Å². The van der Waals surface area contributed by atoms with Gasteiger partial charge in [-0.05, 0) is 24.7 Å². The fourth-order valence-corrected chi connectivity index (χ4v) is 3.02. The van der Waals surface area contributed by atoms with Gasteiger partial charge in [-0.3, -0.25) is 0 Å². The lowest BCUT2D eigenvalue weighted by atomic mass is 9.82. The summed E-state index contributed by atoms with van der Waals surface area (Å²) < 4.78 is 0. The molecular weight excluding hydrogens is 176 g/mol. The van der Waals surface area contributed by atoms with E-state index >= 15 is 0 Å². The zero-order valence-corrected chi connectivity index (χ0v) is 8.86. The van der Waals surface area contributed by atoms with E-state index in [2.05, 4.69) is 4.90 Å². The third-order valence-corrected chi connectivity index (χ3v) is 3.79. The lowest BCUT2D eigenvalue weighted by Gasteiger charge is -2.23. The molecule has 1 heterocycles. The predicted molar refractivity (Wildman–Crippen MR) is 56.9 cm³/mol. The Labute approximate surface area is 86.3 Å². The smallest absolute Gasteiger partial charge is 0.0789 e. The number of hydrogen-bond acceptors (Lipinski definition) is 3. The highest BCUT2D eigenvalue weighted by molar-refractivity contribution is 4.87. The number of β-amino-alcohol motifs (C(OH)–C–C–N with tert-alkyl or cyclic N) is 1. The van der Waals surface area contributed by atoms with E-state index in [1.54, 1.807) is 0 Å². The second kappa shape index (κ2) is 4.60.